The summed E-state index contributed by atoms with van der Waals surface area (Å²) in [5.41, 5.74) is 6.45. The second-order valence-corrected chi connectivity index (χ2v) is 6.69. The van der Waals surface area contributed by atoms with Crippen molar-refractivity contribution >= 4 is 29.4 Å². The number of anilines is 1. The normalized spacial score (nSPS) is 10.8. The van der Waals surface area contributed by atoms with Gasteiger partial charge in [-0.15, -0.1) is 0 Å². The minimum Gasteiger partial charge on any atom is -0.506 e. The topological polar surface area (TPSA) is 77.8 Å². The highest BCUT2D eigenvalue weighted by molar-refractivity contribution is 6.32. The molecular formula is C21H19ClN4O2. The van der Waals surface area contributed by atoms with Crippen LogP contribution in [0.5, 0.6) is 5.75 Å². The fraction of sp³-hybridized carbons (Fsp3) is 0.0952. The van der Waals surface area contributed by atoms with Gasteiger partial charge in [0.2, 0.25) is 0 Å². The molecule has 0 unspecified atom stereocenters. The molecule has 0 atom stereocenters. The van der Waals surface area contributed by atoms with Crippen LogP contribution in [0.4, 0.5) is 5.69 Å². The van der Waals surface area contributed by atoms with Gasteiger partial charge in [0, 0.05) is 37.1 Å². The zero-order chi connectivity index (χ0) is 20.1. The predicted molar refractivity (Wildman–Crippen MR) is 112 cm³/mol. The summed E-state index contributed by atoms with van der Waals surface area (Å²) in [5.74, 6) is -0.503. The van der Waals surface area contributed by atoms with Gasteiger partial charge in [-0.1, -0.05) is 23.7 Å². The minimum atomic E-state index is -0.424. The number of hydrogen-bond acceptors (Lipinski definition) is 5. The van der Waals surface area contributed by atoms with Gasteiger partial charge in [-0.05, 0) is 48.0 Å². The van der Waals surface area contributed by atoms with Crippen molar-refractivity contribution in [1.29, 1.82) is 0 Å². The van der Waals surface area contributed by atoms with Gasteiger partial charge < -0.3 is 10.0 Å². The van der Waals surface area contributed by atoms with E-state index in [-0.39, 0.29) is 10.8 Å². The molecule has 2 aromatic carbocycles. The Hall–Kier alpha value is -3.38. The summed E-state index contributed by atoms with van der Waals surface area (Å²) in [4.78, 5) is 18.5. The summed E-state index contributed by atoms with van der Waals surface area (Å²) in [6.45, 7) is 0. The Kier molecular flexibility index (Phi) is 5.91. The van der Waals surface area contributed by atoms with Crippen molar-refractivity contribution in [2.24, 2.45) is 5.10 Å². The summed E-state index contributed by atoms with van der Waals surface area (Å²) in [6.07, 6.45) is 3.23. The number of nitrogens with one attached hydrogen (secondary N) is 1. The molecule has 0 saturated heterocycles. The molecule has 1 amide bonds. The third kappa shape index (κ3) is 4.66. The van der Waals surface area contributed by atoms with Crippen molar-refractivity contribution in [3.63, 3.8) is 0 Å². The monoisotopic (exact) mass is 394 g/mol. The van der Waals surface area contributed by atoms with E-state index in [1.165, 1.54) is 18.2 Å². The van der Waals surface area contributed by atoms with Crippen LogP contribution in [0, 0.1) is 0 Å². The first kappa shape index (κ1) is 19.4. The smallest absolute Gasteiger partial charge is 0.271 e. The molecule has 6 nitrogen and oxygen atoms in total. The van der Waals surface area contributed by atoms with Gasteiger partial charge in [-0.25, -0.2) is 5.43 Å². The van der Waals surface area contributed by atoms with Gasteiger partial charge >= 0.3 is 0 Å². The molecule has 2 N–H and O–H groups in total. The molecule has 28 heavy (non-hydrogen) atoms. The van der Waals surface area contributed by atoms with E-state index in [4.69, 9.17) is 11.6 Å². The Morgan fingerprint density at radius 1 is 1.14 bits per heavy atom. The van der Waals surface area contributed by atoms with Gasteiger partial charge in [0.25, 0.3) is 5.91 Å². The fourth-order valence-corrected chi connectivity index (χ4v) is 2.67. The average molecular weight is 395 g/mol. The summed E-state index contributed by atoms with van der Waals surface area (Å²) in [5, 5.41) is 13.5. The summed E-state index contributed by atoms with van der Waals surface area (Å²) in [7, 11) is 3.98. The Labute approximate surface area is 168 Å². The van der Waals surface area contributed by atoms with Crippen molar-refractivity contribution in [3.8, 4) is 17.0 Å². The minimum absolute atomic E-state index is 0.0790. The fourth-order valence-electron chi connectivity index (χ4n) is 2.49. The molecule has 0 bridgehead atoms. The standard InChI is InChI=1S/C21H19ClN4O2/c1-26(2)17-6-3-15(4-7-17)19-11-14(9-10-23-19)13-24-25-21(28)16-5-8-20(27)18(22)12-16/h3-13,27H,1-2H3,(H,25,28). The first-order valence-corrected chi connectivity index (χ1v) is 8.87. The van der Waals surface area contributed by atoms with E-state index in [1.807, 2.05) is 49.3 Å². The molecule has 1 aromatic heterocycles. The van der Waals surface area contributed by atoms with Crippen LogP contribution < -0.4 is 10.3 Å². The number of hydrazone groups is 1. The molecule has 0 aliphatic rings. The number of amides is 1. The van der Waals surface area contributed by atoms with Crippen LogP contribution in [0.15, 0.2) is 65.9 Å². The third-order valence-corrected chi connectivity index (χ3v) is 4.36. The number of phenols is 1. The van der Waals surface area contributed by atoms with Gasteiger partial charge in [-0.2, -0.15) is 5.10 Å². The maximum atomic E-state index is 12.1. The molecule has 0 fully saturated rings. The van der Waals surface area contributed by atoms with Crippen LogP contribution in [-0.2, 0) is 0 Å². The number of halogens is 1. The zero-order valence-electron chi connectivity index (χ0n) is 15.4. The molecule has 0 radical (unpaired) electrons. The van der Waals surface area contributed by atoms with Gasteiger partial charge in [0.05, 0.1) is 16.9 Å². The van der Waals surface area contributed by atoms with Crippen molar-refractivity contribution < 1.29 is 9.90 Å². The van der Waals surface area contributed by atoms with Gasteiger partial charge in [0.15, 0.2) is 0 Å². The SMILES string of the molecule is CN(C)c1ccc(-c2cc(C=NNC(=O)c3ccc(O)c(Cl)c3)ccn2)cc1. The average Bonchev–Trinajstić information content (AvgIpc) is 2.70. The second-order valence-electron chi connectivity index (χ2n) is 6.28. The Bertz CT molecular complexity index is 1020. The highest BCUT2D eigenvalue weighted by atomic mass is 35.5. The van der Waals surface area contributed by atoms with Crippen LogP contribution in [0.3, 0.4) is 0 Å². The third-order valence-electron chi connectivity index (χ3n) is 4.05. The second kappa shape index (κ2) is 8.54. The van der Waals surface area contributed by atoms with Crippen molar-refractivity contribution in [1.82, 2.24) is 10.4 Å². The first-order chi connectivity index (χ1) is 13.4. The number of aromatic hydroxyl groups is 1. The number of pyridine rings is 1. The van der Waals surface area contributed by atoms with Crippen LogP contribution in [0.25, 0.3) is 11.3 Å². The number of phenolic OH excluding ortho intramolecular Hbond substituents is 1. The van der Waals surface area contributed by atoms with Gasteiger partial charge in [0.1, 0.15) is 5.75 Å². The van der Waals surface area contributed by atoms with Crippen LogP contribution >= 0.6 is 11.6 Å². The van der Waals surface area contributed by atoms with Crippen LogP contribution in [-0.4, -0.2) is 36.3 Å². The van der Waals surface area contributed by atoms with E-state index in [0.717, 1.165) is 22.5 Å². The lowest BCUT2D eigenvalue weighted by Gasteiger charge is -2.12. The maximum Gasteiger partial charge on any atom is 0.271 e. The zero-order valence-corrected chi connectivity index (χ0v) is 16.2. The Balaban J connectivity index is 1.70. The highest BCUT2D eigenvalue weighted by Gasteiger charge is 2.07. The molecule has 142 valence electrons. The number of carbonyl (C=O) groups excluding carboxylic acids is 1. The molecule has 3 aromatic rings. The van der Waals surface area contributed by atoms with E-state index in [1.54, 1.807) is 18.5 Å². The largest absolute Gasteiger partial charge is 0.506 e. The molecular weight excluding hydrogens is 376 g/mol. The van der Waals surface area contributed by atoms with E-state index < -0.39 is 5.91 Å². The number of benzene rings is 2. The van der Waals surface area contributed by atoms with Crippen LogP contribution in [0.2, 0.25) is 5.02 Å². The lowest BCUT2D eigenvalue weighted by Crippen LogP contribution is -2.17. The Morgan fingerprint density at radius 2 is 1.89 bits per heavy atom. The lowest BCUT2D eigenvalue weighted by atomic mass is 10.1. The summed E-state index contributed by atoms with van der Waals surface area (Å²) in [6, 6.07) is 16.0. The van der Waals surface area contributed by atoms with E-state index in [0.29, 0.717) is 5.56 Å². The quantitative estimate of drug-likeness (QED) is 0.507. The van der Waals surface area contributed by atoms with E-state index >= 15 is 0 Å². The number of hydrogen-bond donors (Lipinski definition) is 2. The highest BCUT2D eigenvalue weighted by Crippen LogP contribution is 2.23. The number of nitrogens with zero attached hydrogens (tertiary/aromatic N) is 3. The summed E-state index contributed by atoms with van der Waals surface area (Å²) >= 11 is 5.81. The van der Waals surface area contributed by atoms with E-state index in [2.05, 4.69) is 15.5 Å². The summed E-state index contributed by atoms with van der Waals surface area (Å²) < 4.78 is 0. The van der Waals surface area contributed by atoms with Crippen LogP contribution in [0.1, 0.15) is 15.9 Å². The van der Waals surface area contributed by atoms with E-state index in [9.17, 15) is 9.90 Å². The number of carbonyl (C=O) groups is 1. The molecule has 0 aliphatic carbocycles. The van der Waals surface area contributed by atoms with Gasteiger partial charge in [-0.3, -0.25) is 9.78 Å². The molecule has 0 aliphatic heterocycles. The van der Waals surface area contributed by atoms with Crippen molar-refractivity contribution in [2.45, 2.75) is 0 Å². The number of aromatic nitrogens is 1. The van der Waals surface area contributed by atoms with Crippen molar-refractivity contribution in [3.05, 3.63) is 76.9 Å². The Morgan fingerprint density at radius 3 is 2.57 bits per heavy atom. The van der Waals surface area contributed by atoms with Crippen molar-refractivity contribution in [2.75, 3.05) is 19.0 Å². The molecule has 0 saturated carbocycles. The number of rotatable bonds is 5. The molecule has 1 heterocycles. The maximum absolute atomic E-state index is 12.1. The lowest BCUT2D eigenvalue weighted by molar-refractivity contribution is 0.0955. The molecule has 0 spiro atoms. The predicted octanol–water partition coefficient (Wildman–Crippen LogP) is 3.94. The first-order valence-electron chi connectivity index (χ1n) is 8.50. The molecule has 3 rings (SSSR count). The molecule has 7 heteroatoms.